The van der Waals surface area contributed by atoms with Crippen molar-refractivity contribution in [3.8, 4) is 0 Å². The first-order valence-corrected chi connectivity index (χ1v) is 8.30. The summed E-state index contributed by atoms with van der Waals surface area (Å²) < 4.78 is 39.7. The van der Waals surface area contributed by atoms with E-state index < -0.39 is 21.6 Å². The zero-order chi connectivity index (χ0) is 16.3. The van der Waals surface area contributed by atoms with Gasteiger partial charge in [0.25, 0.3) is 0 Å². The Morgan fingerprint density at radius 1 is 1.18 bits per heavy atom. The van der Waals surface area contributed by atoms with Gasteiger partial charge in [0, 0.05) is 22.7 Å². The molecule has 0 spiro atoms. The lowest BCUT2D eigenvalue weighted by molar-refractivity contribution is 0.103. The number of hydrogen-bond acceptors (Lipinski definition) is 3. The predicted octanol–water partition coefficient (Wildman–Crippen LogP) is 3.01. The molecule has 22 heavy (non-hydrogen) atoms. The van der Waals surface area contributed by atoms with Crippen molar-refractivity contribution in [2.75, 3.05) is 6.54 Å². The third-order valence-corrected chi connectivity index (χ3v) is 4.76. The highest BCUT2D eigenvalue weighted by molar-refractivity contribution is 7.89. The quantitative estimate of drug-likeness (QED) is 0.850. The van der Waals surface area contributed by atoms with Crippen LogP contribution in [-0.4, -0.2) is 20.7 Å². The molecule has 0 fully saturated rings. The number of rotatable bonds is 5. The molecule has 1 N–H and O–H groups in total. The maximum absolute atomic E-state index is 12.9. The van der Waals surface area contributed by atoms with Gasteiger partial charge in [-0.05, 0) is 42.5 Å². The third kappa shape index (κ3) is 3.52. The minimum Gasteiger partial charge on any atom is -0.289 e. The molecular formula is C15H13ClFNO3S. The predicted molar refractivity (Wildman–Crippen MR) is 82.1 cm³/mol. The minimum absolute atomic E-state index is 0.0555. The van der Waals surface area contributed by atoms with Gasteiger partial charge in [-0.25, -0.2) is 17.5 Å². The molecule has 0 amide bonds. The van der Waals surface area contributed by atoms with Crippen LogP contribution >= 0.6 is 11.6 Å². The average Bonchev–Trinajstić information content (AvgIpc) is 2.47. The van der Waals surface area contributed by atoms with Crippen molar-refractivity contribution in [1.29, 1.82) is 0 Å². The average molecular weight is 342 g/mol. The summed E-state index contributed by atoms with van der Waals surface area (Å²) in [6, 6.07) is 8.82. The van der Waals surface area contributed by atoms with Gasteiger partial charge in [0.15, 0.2) is 5.78 Å². The molecule has 0 aromatic heterocycles. The molecule has 7 heteroatoms. The zero-order valence-electron chi connectivity index (χ0n) is 11.6. The van der Waals surface area contributed by atoms with Gasteiger partial charge in [-0.2, -0.15) is 0 Å². The SMILES string of the molecule is CCNS(=O)(=O)c1ccc(Cl)cc1C(=O)c1ccc(F)cc1. The van der Waals surface area contributed by atoms with E-state index in [1.165, 1.54) is 30.3 Å². The summed E-state index contributed by atoms with van der Waals surface area (Å²) in [5.74, 6) is -1.03. The number of ketones is 1. The van der Waals surface area contributed by atoms with Crippen molar-refractivity contribution < 1.29 is 17.6 Å². The molecule has 0 aliphatic heterocycles. The third-order valence-electron chi connectivity index (χ3n) is 2.92. The summed E-state index contributed by atoms with van der Waals surface area (Å²) in [4.78, 5) is 12.3. The molecule has 2 aromatic carbocycles. The lowest BCUT2D eigenvalue weighted by atomic mass is 10.0. The van der Waals surface area contributed by atoms with E-state index in [9.17, 15) is 17.6 Å². The van der Waals surface area contributed by atoms with Crippen LogP contribution in [-0.2, 0) is 10.0 Å². The molecule has 2 aromatic rings. The summed E-state index contributed by atoms with van der Waals surface area (Å²) in [7, 11) is -3.82. The fraction of sp³-hybridized carbons (Fsp3) is 0.133. The highest BCUT2D eigenvalue weighted by Gasteiger charge is 2.23. The van der Waals surface area contributed by atoms with Gasteiger partial charge < -0.3 is 0 Å². The number of carbonyl (C=O) groups is 1. The fourth-order valence-corrected chi connectivity index (χ4v) is 3.33. The Hall–Kier alpha value is -1.76. The van der Waals surface area contributed by atoms with Crippen molar-refractivity contribution in [3.63, 3.8) is 0 Å². The first kappa shape index (κ1) is 16.6. The topological polar surface area (TPSA) is 63.2 Å². The number of carbonyl (C=O) groups excluding carboxylic acids is 1. The monoisotopic (exact) mass is 341 g/mol. The van der Waals surface area contributed by atoms with Crippen LogP contribution in [0.2, 0.25) is 5.02 Å². The number of hydrogen-bond donors (Lipinski definition) is 1. The molecule has 0 atom stereocenters. The molecule has 0 unspecified atom stereocenters. The normalized spacial score (nSPS) is 11.4. The van der Waals surface area contributed by atoms with E-state index in [1.807, 2.05) is 0 Å². The standard InChI is InChI=1S/C15H13ClFNO3S/c1-2-18-22(20,21)14-8-5-11(16)9-13(14)15(19)10-3-6-12(17)7-4-10/h3-9,18H,2H2,1H3. The van der Waals surface area contributed by atoms with Crippen LogP contribution in [0.3, 0.4) is 0 Å². The van der Waals surface area contributed by atoms with Crippen molar-refractivity contribution in [2.45, 2.75) is 11.8 Å². The molecule has 0 aliphatic carbocycles. The Morgan fingerprint density at radius 3 is 2.41 bits per heavy atom. The summed E-state index contributed by atoms with van der Waals surface area (Å²) >= 11 is 5.87. The second-order valence-corrected chi connectivity index (χ2v) is 6.65. The maximum atomic E-state index is 12.9. The molecule has 0 aliphatic rings. The Bertz CT molecular complexity index is 804. The molecule has 0 bridgehead atoms. The highest BCUT2D eigenvalue weighted by atomic mass is 35.5. The van der Waals surface area contributed by atoms with E-state index in [4.69, 9.17) is 11.6 Å². The Labute approximate surface area is 133 Å². The first-order valence-electron chi connectivity index (χ1n) is 6.44. The van der Waals surface area contributed by atoms with Crippen LogP contribution < -0.4 is 4.72 Å². The molecular weight excluding hydrogens is 329 g/mol. The molecule has 0 saturated carbocycles. The van der Waals surface area contributed by atoms with Crippen LogP contribution in [0.1, 0.15) is 22.8 Å². The summed E-state index contributed by atoms with van der Waals surface area (Å²) in [6.45, 7) is 1.82. The van der Waals surface area contributed by atoms with Gasteiger partial charge in [0.2, 0.25) is 10.0 Å². The first-order chi connectivity index (χ1) is 10.3. The van der Waals surface area contributed by atoms with E-state index in [1.54, 1.807) is 6.92 Å². The van der Waals surface area contributed by atoms with E-state index >= 15 is 0 Å². The van der Waals surface area contributed by atoms with Crippen LogP contribution in [0.5, 0.6) is 0 Å². The largest absolute Gasteiger partial charge is 0.289 e. The van der Waals surface area contributed by atoms with E-state index in [0.29, 0.717) is 0 Å². The number of benzene rings is 2. The number of sulfonamides is 1. The summed E-state index contributed by atoms with van der Waals surface area (Å²) in [6.07, 6.45) is 0. The van der Waals surface area contributed by atoms with Crippen molar-refractivity contribution in [3.05, 3.63) is 64.4 Å². The maximum Gasteiger partial charge on any atom is 0.241 e. The van der Waals surface area contributed by atoms with Gasteiger partial charge in [-0.3, -0.25) is 4.79 Å². The van der Waals surface area contributed by atoms with Crippen molar-refractivity contribution in [1.82, 2.24) is 4.72 Å². The van der Waals surface area contributed by atoms with E-state index in [2.05, 4.69) is 4.72 Å². The summed E-state index contributed by atoms with van der Waals surface area (Å²) in [5, 5.41) is 0.237. The van der Waals surface area contributed by atoms with Gasteiger partial charge in [0.1, 0.15) is 5.82 Å². The second kappa shape index (κ2) is 6.56. The van der Waals surface area contributed by atoms with Gasteiger partial charge in [0.05, 0.1) is 4.90 Å². The van der Waals surface area contributed by atoms with Crippen molar-refractivity contribution >= 4 is 27.4 Å². The van der Waals surface area contributed by atoms with Crippen LogP contribution in [0.15, 0.2) is 47.4 Å². The van der Waals surface area contributed by atoms with Gasteiger partial charge in [-0.15, -0.1) is 0 Å². The van der Waals surface area contributed by atoms with Crippen LogP contribution in [0.4, 0.5) is 4.39 Å². The Kier molecular flexibility index (Phi) is 4.95. The molecule has 4 nitrogen and oxygen atoms in total. The smallest absolute Gasteiger partial charge is 0.241 e. The minimum atomic E-state index is -3.82. The zero-order valence-corrected chi connectivity index (χ0v) is 13.2. The molecule has 2 rings (SSSR count). The fourth-order valence-electron chi connectivity index (χ4n) is 1.94. The second-order valence-electron chi connectivity index (χ2n) is 4.48. The number of halogens is 2. The molecule has 0 saturated heterocycles. The van der Waals surface area contributed by atoms with E-state index in [-0.39, 0.29) is 27.6 Å². The van der Waals surface area contributed by atoms with Crippen LogP contribution in [0, 0.1) is 5.82 Å². The Balaban J connectivity index is 2.57. The van der Waals surface area contributed by atoms with Crippen LogP contribution in [0.25, 0.3) is 0 Å². The van der Waals surface area contributed by atoms with E-state index in [0.717, 1.165) is 12.1 Å². The molecule has 0 heterocycles. The van der Waals surface area contributed by atoms with Crippen molar-refractivity contribution in [2.24, 2.45) is 0 Å². The molecule has 0 radical (unpaired) electrons. The lowest BCUT2D eigenvalue weighted by Crippen LogP contribution is -2.25. The Morgan fingerprint density at radius 2 is 1.82 bits per heavy atom. The van der Waals surface area contributed by atoms with Gasteiger partial charge in [-0.1, -0.05) is 18.5 Å². The number of nitrogens with one attached hydrogen (secondary N) is 1. The summed E-state index contributed by atoms with van der Waals surface area (Å²) in [5.41, 5.74) is 0.122. The lowest BCUT2D eigenvalue weighted by Gasteiger charge is -2.10. The highest BCUT2D eigenvalue weighted by Crippen LogP contribution is 2.23. The molecule has 116 valence electrons. The van der Waals surface area contributed by atoms with Gasteiger partial charge >= 0.3 is 0 Å².